The van der Waals surface area contributed by atoms with Crippen LogP contribution in [0.2, 0.25) is 0 Å². The Bertz CT molecular complexity index is 505. The normalized spacial score (nSPS) is 28.2. The molecule has 1 saturated heterocycles. The minimum atomic E-state index is 0.727. The highest BCUT2D eigenvalue weighted by Gasteiger charge is 2.39. The topological polar surface area (TPSA) is 42.2 Å². The standard InChI is InChI=1S/C13H15N3O/c1-2-11-13(14-5-1)15-12(17-11)8-16-6-9-3-4-10(9)7-16/h1-2,5,9-10H,3-4,6-8H2/t9-,10+. The fourth-order valence-electron chi connectivity index (χ4n) is 3.06. The van der Waals surface area contributed by atoms with Crippen molar-refractivity contribution in [3.05, 3.63) is 24.2 Å². The van der Waals surface area contributed by atoms with Gasteiger partial charge in [-0.25, -0.2) is 4.98 Å². The summed E-state index contributed by atoms with van der Waals surface area (Å²) in [6, 6.07) is 3.81. The first-order valence-corrected chi connectivity index (χ1v) is 6.31. The van der Waals surface area contributed by atoms with Crippen molar-refractivity contribution in [1.29, 1.82) is 0 Å². The van der Waals surface area contributed by atoms with Crippen molar-refractivity contribution < 1.29 is 4.42 Å². The fraction of sp³-hybridized carbons (Fsp3) is 0.538. The third-order valence-corrected chi connectivity index (χ3v) is 4.13. The Kier molecular flexibility index (Phi) is 1.99. The number of hydrogen-bond donors (Lipinski definition) is 0. The molecule has 0 N–H and O–H groups in total. The van der Waals surface area contributed by atoms with Gasteiger partial charge in [0, 0.05) is 19.3 Å². The molecule has 1 saturated carbocycles. The smallest absolute Gasteiger partial charge is 0.211 e. The first-order chi connectivity index (χ1) is 8.38. The Morgan fingerprint density at radius 2 is 2.12 bits per heavy atom. The van der Waals surface area contributed by atoms with Gasteiger partial charge < -0.3 is 4.42 Å². The van der Waals surface area contributed by atoms with Crippen LogP contribution >= 0.6 is 0 Å². The molecule has 0 bridgehead atoms. The molecule has 2 aromatic rings. The maximum absolute atomic E-state index is 5.71. The Labute approximate surface area is 99.6 Å². The van der Waals surface area contributed by atoms with Gasteiger partial charge in [-0.15, -0.1) is 0 Å². The Hall–Kier alpha value is -1.42. The molecule has 4 heteroatoms. The maximum Gasteiger partial charge on any atom is 0.211 e. The number of hydrogen-bond acceptors (Lipinski definition) is 4. The SMILES string of the molecule is c1cnc2nc(CN3C[C@H]4CC[C@H]4C3)oc2c1. The zero-order valence-electron chi connectivity index (χ0n) is 9.67. The average Bonchev–Trinajstić information content (AvgIpc) is 2.83. The lowest BCUT2D eigenvalue weighted by molar-refractivity contribution is 0.243. The largest absolute Gasteiger partial charge is 0.438 e. The molecular formula is C13H15N3O. The van der Waals surface area contributed by atoms with E-state index < -0.39 is 0 Å². The molecular weight excluding hydrogens is 214 g/mol. The van der Waals surface area contributed by atoms with Crippen molar-refractivity contribution in [3.63, 3.8) is 0 Å². The molecule has 3 heterocycles. The molecule has 88 valence electrons. The molecule has 4 nitrogen and oxygen atoms in total. The van der Waals surface area contributed by atoms with Crippen LogP contribution in [-0.2, 0) is 6.54 Å². The van der Waals surface area contributed by atoms with Crippen LogP contribution < -0.4 is 0 Å². The first-order valence-electron chi connectivity index (χ1n) is 6.31. The fourth-order valence-corrected chi connectivity index (χ4v) is 3.06. The summed E-state index contributed by atoms with van der Waals surface area (Å²) in [7, 11) is 0. The number of rotatable bonds is 2. The molecule has 0 radical (unpaired) electrons. The van der Waals surface area contributed by atoms with E-state index in [2.05, 4.69) is 14.9 Å². The molecule has 1 aliphatic carbocycles. The van der Waals surface area contributed by atoms with E-state index in [1.54, 1.807) is 6.20 Å². The number of aromatic nitrogens is 2. The van der Waals surface area contributed by atoms with Crippen LogP contribution in [0.3, 0.4) is 0 Å². The Morgan fingerprint density at radius 1 is 1.29 bits per heavy atom. The number of fused-ring (bicyclic) bond motifs is 2. The minimum Gasteiger partial charge on any atom is -0.438 e. The highest BCUT2D eigenvalue weighted by molar-refractivity contribution is 5.66. The van der Waals surface area contributed by atoms with Gasteiger partial charge in [-0.2, -0.15) is 4.98 Å². The summed E-state index contributed by atoms with van der Waals surface area (Å²) in [6.45, 7) is 3.27. The van der Waals surface area contributed by atoms with Crippen molar-refractivity contribution >= 4 is 11.2 Å². The van der Waals surface area contributed by atoms with Gasteiger partial charge in [-0.3, -0.25) is 4.90 Å². The van der Waals surface area contributed by atoms with Crippen molar-refractivity contribution in [1.82, 2.24) is 14.9 Å². The van der Waals surface area contributed by atoms with E-state index in [-0.39, 0.29) is 0 Å². The van der Waals surface area contributed by atoms with Gasteiger partial charge in [0.05, 0.1) is 6.54 Å². The summed E-state index contributed by atoms with van der Waals surface area (Å²) in [6.07, 6.45) is 4.58. The minimum absolute atomic E-state index is 0.727. The Balaban J connectivity index is 1.54. The predicted octanol–water partition coefficient (Wildman–Crippen LogP) is 2.06. The quantitative estimate of drug-likeness (QED) is 0.790. The second-order valence-electron chi connectivity index (χ2n) is 5.22. The van der Waals surface area contributed by atoms with Crippen molar-refractivity contribution in [2.75, 3.05) is 13.1 Å². The molecule has 2 aliphatic rings. The number of pyridine rings is 1. The summed E-state index contributed by atoms with van der Waals surface area (Å²) in [5.41, 5.74) is 1.52. The van der Waals surface area contributed by atoms with Crippen molar-refractivity contribution in [3.8, 4) is 0 Å². The van der Waals surface area contributed by atoms with Crippen LogP contribution in [0, 0.1) is 11.8 Å². The lowest BCUT2D eigenvalue weighted by Crippen LogP contribution is -2.22. The lowest BCUT2D eigenvalue weighted by atomic mass is 9.77. The zero-order chi connectivity index (χ0) is 11.2. The van der Waals surface area contributed by atoms with E-state index in [0.29, 0.717) is 0 Å². The molecule has 0 spiro atoms. The molecule has 2 atom stereocenters. The van der Waals surface area contributed by atoms with Crippen LogP contribution in [0.5, 0.6) is 0 Å². The third-order valence-electron chi connectivity index (χ3n) is 4.13. The number of nitrogens with zero attached hydrogens (tertiary/aromatic N) is 3. The summed E-state index contributed by atoms with van der Waals surface area (Å²) in [5.74, 6) is 2.69. The lowest BCUT2D eigenvalue weighted by Gasteiger charge is -2.28. The van der Waals surface area contributed by atoms with Gasteiger partial charge in [0.2, 0.25) is 5.89 Å². The first kappa shape index (κ1) is 9.59. The van der Waals surface area contributed by atoms with E-state index >= 15 is 0 Å². The molecule has 0 unspecified atom stereocenters. The van der Waals surface area contributed by atoms with Gasteiger partial charge in [0.25, 0.3) is 0 Å². The van der Waals surface area contributed by atoms with Gasteiger partial charge >= 0.3 is 0 Å². The third kappa shape index (κ3) is 1.55. The molecule has 17 heavy (non-hydrogen) atoms. The van der Waals surface area contributed by atoms with E-state index in [1.807, 2.05) is 12.1 Å². The van der Waals surface area contributed by atoms with Crippen molar-refractivity contribution in [2.24, 2.45) is 11.8 Å². The van der Waals surface area contributed by atoms with Crippen LogP contribution in [0.1, 0.15) is 18.7 Å². The van der Waals surface area contributed by atoms with Gasteiger partial charge in [0.1, 0.15) is 0 Å². The van der Waals surface area contributed by atoms with Gasteiger partial charge in [0.15, 0.2) is 11.2 Å². The predicted molar refractivity (Wildman–Crippen MR) is 63.3 cm³/mol. The Morgan fingerprint density at radius 3 is 2.82 bits per heavy atom. The molecule has 0 amide bonds. The molecule has 0 aromatic carbocycles. The van der Waals surface area contributed by atoms with Gasteiger partial charge in [-0.1, -0.05) is 0 Å². The van der Waals surface area contributed by atoms with Gasteiger partial charge in [-0.05, 0) is 36.8 Å². The van der Waals surface area contributed by atoms with Crippen molar-refractivity contribution in [2.45, 2.75) is 19.4 Å². The molecule has 1 aliphatic heterocycles. The summed E-state index contributed by atoms with van der Waals surface area (Å²) < 4.78 is 5.71. The zero-order valence-corrected chi connectivity index (χ0v) is 9.67. The van der Waals surface area contributed by atoms with Crippen LogP contribution in [-0.4, -0.2) is 28.0 Å². The second kappa shape index (κ2) is 3.53. The average molecular weight is 229 g/mol. The highest BCUT2D eigenvalue weighted by Crippen LogP contribution is 2.40. The molecule has 2 fully saturated rings. The molecule has 4 rings (SSSR count). The van der Waals surface area contributed by atoms with Crippen LogP contribution in [0.25, 0.3) is 11.2 Å². The monoisotopic (exact) mass is 229 g/mol. The summed E-state index contributed by atoms with van der Waals surface area (Å²) >= 11 is 0. The summed E-state index contributed by atoms with van der Waals surface area (Å²) in [5, 5.41) is 0. The van der Waals surface area contributed by atoms with Crippen LogP contribution in [0.4, 0.5) is 0 Å². The van der Waals surface area contributed by atoms with E-state index in [1.165, 1.54) is 25.9 Å². The van der Waals surface area contributed by atoms with E-state index in [9.17, 15) is 0 Å². The summed E-state index contributed by atoms with van der Waals surface area (Å²) in [4.78, 5) is 11.1. The number of oxazole rings is 1. The highest BCUT2D eigenvalue weighted by atomic mass is 16.3. The second-order valence-corrected chi connectivity index (χ2v) is 5.22. The maximum atomic E-state index is 5.71. The number of likely N-dealkylation sites (tertiary alicyclic amines) is 1. The molecule has 2 aromatic heterocycles. The van der Waals surface area contributed by atoms with Crippen LogP contribution in [0.15, 0.2) is 22.7 Å². The van der Waals surface area contributed by atoms with E-state index in [0.717, 1.165) is 35.5 Å². The van der Waals surface area contributed by atoms with E-state index in [4.69, 9.17) is 4.42 Å².